The number of halogens is 1. The Kier molecular flexibility index (Phi) is 8.54. The zero-order chi connectivity index (χ0) is 28.2. The second-order valence-corrected chi connectivity index (χ2v) is 11.0. The number of carbonyl (C=O) groups excluding carboxylic acids is 2. The summed E-state index contributed by atoms with van der Waals surface area (Å²) >= 11 is 6.67. The third-order valence-electron chi connectivity index (χ3n) is 7.94. The Hall–Kier alpha value is -3.65. The molecule has 0 radical (unpaired) electrons. The Morgan fingerprint density at radius 3 is 2.52 bits per heavy atom. The molecule has 5 rings (SSSR count). The van der Waals surface area contributed by atoms with E-state index in [2.05, 4.69) is 35.7 Å². The normalized spacial score (nSPS) is 15.9. The SMILES string of the molecule is C=CC(=O)N1CCC(c2nc(OCCC(=O)N(C)C)nc3c2CCN(c2cccc4cccc(Cl)c24)CC3)CC1. The van der Waals surface area contributed by atoms with E-state index in [1.54, 1.807) is 19.0 Å². The molecule has 2 aliphatic rings. The third-order valence-corrected chi connectivity index (χ3v) is 8.26. The Bertz CT molecular complexity index is 1410. The van der Waals surface area contributed by atoms with Crippen LogP contribution in [-0.2, 0) is 22.4 Å². The van der Waals surface area contributed by atoms with Crippen molar-refractivity contribution in [1.82, 2.24) is 19.8 Å². The van der Waals surface area contributed by atoms with Crippen LogP contribution in [0.1, 0.15) is 42.1 Å². The summed E-state index contributed by atoms with van der Waals surface area (Å²) in [4.78, 5) is 39.8. The zero-order valence-corrected chi connectivity index (χ0v) is 24.0. The average Bonchev–Trinajstić information content (AvgIpc) is 3.19. The monoisotopic (exact) mass is 561 g/mol. The Labute approximate surface area is 240 Å². The topological polar surface area (TPSA) is 78.9 Å². The van der Waals surface area contributed by atoms with Crippen LogP contribution in [0.25, 0.3) is 10.8 Å². The molecule has 0 N–H and O–H groups in total. The quantitative estimate of drug-likeness (QED) is 0.391. The number of hydrogen-bond acceptors (Lipinski definition) is 6. The number of ether oxygens (including phenoxy) is 1. The molecular weight excluding hydrogens is 526 g/mol. The number of hydrogen-bond donors (Lipinski definition) is 0. The lowest BCUT2D eigenvalue weighted by atomic mass is 9.88. The molecule has 0 spiro atoms. The third kappa shape index (κ3) is 5.92. The van der Waals surface area contributed by atoms with E-state index in [4.69, 9.17) is 26.3 Å². The van der Waals surface area contributed by atoms with Gasteiger partial charge in [0.2, 0.25) is 11.8 Å². The number of anilines is 1. The fraction of sp³-hybridized carbons (Fsp3) is 0.419. The lowest BCUT2D eigenvalue weighted by molar-refractivity contribution is -0.129. The maximum Gasteiger partial charge on any atom is 0.316 e. The first-order valence-electron chi connectivity index (χ1n) is 13.9. The Morgan fingerprint density at radius 2 is 1.80 bits per heavy atom. The van der Waals surface area contributed by atoms with Gasteiger partial charge in [-0.1, -0.05) is 42.4 Å². The van der Waals surface area contributed by atoms with Crippen LogP contribution in [0.15, 0.2) is 49.1 Å². The lowest BCUT2D eigenvalue weighted by Crippen LogP contribution is -2.37. The number of piperidine rings is 1. The average molecular weight is 562 g/mol. The maximum atomic E-state index is 12.2. The minimum absolute atomic E-state index is 0.00127. The standard InChI is InChI=1S/C31H36ClN5O3/c1-4-27(38)37-16-11-22(12-17-37)30-23-13-18-36(26-10-6-8-21-7-5-9-24(32)29(21)26)19-14-25(23)33-31(34-30)40-20-15-28(39)35(2)3/h4-10,22H,1,11-20H2,2-3H3. The van der Waals surface area contributed by atoms with Gasteiger partial charge in [-0.05, 0) is 48.4 Å². The number of benzene rings is 2. The summed E-state index contributed by atoms with van der Waals surface area (Å²) in [5.41, 5.74) is 4.32. The lowest BCUT2D eigenvalue weighted by Gasteiger charge is -2.32. The van der Waals surface area contributed by atoms with E-state index in [1.807, 2.05) is 17.0 Å². The van der Waals surface area contributed by atoms with Gasteiger partial charge in [0.05, 0.1) is 22.8 Å². The van der Waals surface area contributed by atoms with Crippen molar-refractivity contribution in [1.29, 1.82) is 0 Å². The molecule has 0 atom stereocenters. The van der Waals surface area contributed by atoms with Crippen LogP contribution in [0.4, 0.5) is 5.69 Å². The molecule has 1 saturated heterocycles. The summed E-state index contributed by atoms with van der Waals surface area (Å²) in [7, 11) is 3.47. The summed E-state index contributed by atoms with van der Waals surface area (Å²) in [6, 6.07) is 12.7. The van der Waals surface area contributed by atoms with Crippen molar-refractivity contribution >= 4 is 39.9 Å². The predicted molar refractivity (Wildman–Crippen MR) is 158 cm³/mol. The highest BCUT2D eigenvalue weighted by molar-refractivity contribution is 6.36. The van der Waals surface area contributed by atoms with E-state index in [1.165, 1.54) is 11.6 Å². The largest absolute Gasteiger partial charge is 0.463 e. The zero-order valence-electron chi connectivity index (χ0n) is 23.2. The molecule has 2 amide bonds. The highest BCUT2D eigenvalue weighted by atomic mass is 35.5. The van der Waals surface area contributed by atoms with Gasteiger partial charge in [0.1, 0.15) is 6.61 Å². The molecule has 1 fully saturated rings. The summed E-state index contributed by atoms with van der Waals surface area (Å²) in [6.45, 7) is 6.80. The van der Waals surface area contributed by atoms with E-state index >= 15 is 0 Å². The molecule has 0 bridgehead atoms. The summed E-state index contributed by atoms with van der Waals surface area (Å²) < 4.78 is 5.95. The maximum absolute atomic E-state index is 12.2. The molecule has 0 saturated carbocycles. The second-order valence-electron chi connectivity index (χ2n) is 10.6. The van der Waals surface area contributed by atoms with Crippen molar-refractivity contribution in [2.75, 3.05) is 51.8 Å². The van der Waals surface area contributed by atoms with Gasteiger partial charge in [-0.15, -0.1) is 0 Å². The van der Waals surface area contributed by atoms with Crippen LogP contribution in [-0.4, -0.2) is 78.5 Å². The minimum Gasteiger partial charge on any atom is -0.463 e. The van der Waals surface area contributed by atoms with Crippen LogP contribution in [0, 0.1) is 0 Å². The van der Waals surface area contributed by atoms with E-state index in [9.17, 15) is 9.59 Å². The van der Waals surface area contributed by atoms with Crippen molar-refractivity contribution < 1.29 is 14.3 Å². The van der Waals surface area contributed by atoms with Gasteiger partial charge in [-0.2, -0.15) is 9.97 Å². The number of amides is 2. The fourth-order valence-electron chi connectivity index (χ4n) is 5.74. The van der Waals surface area contributed by atoms with Crippen molar-refractivity contribution in [3.63, 3.8) is 0 Å². The van der Waals surface area contributed by atoms with Crippen LogP contribution in [0.5, 0.6) is 6.01 Å². The molecule has 0 aliphatic carbocycles. The van der Waals surface area contributed by atoms with E-state index in [0.29, 0.717) is 19.1 Å². The molecule has 9 heteroatoms. The predicted octanol–water partition coefficient (Wildman–Crippen LogP) is 4.64. The highest BCUT2D eigenvalue weighted by Gasteiger charge is 2.29. The van der Waals surface area contributed by atoms with Crippen molar-refractivity contribution in [3.05, 3.63) is 71.0 Å². The number of aromatic nitrogens is 2. The van der Waals surface area contributed by atoms with Gasteiger partial charge >= 0.3 is 6.01 Å². The number of likely N-dealkylation sites (tertiary alicyclic amines) is 1. The van der Waals surface area contributed by atoms with Gasteiger partial charge in [0, 0.05) is 63.7 Å². The smallest absolute Gasteiger partial charge is 0.316 e. The Morgan fingerprint density at radius 1 is 1.07 bits per heavy atom. The van der Waals surface area contributed by atoms with E-state index in [-0.39, 0.29) is 30.8 Å². The number of fused-ring (bicyclic) bond motifs is 2. The van der Waals surface area contributed by atoms with E-state index in [0.717, 1.165) is 71.6 Å². The van der Waals surface area contributed by atoms with Gasteiger partial charge in [-0.3, -0.25) is 9.59 Å². The summed E-state index contributed by atoms with van der Waals surface area (Å²) in [6.07, 6.45) is 4.84. The molecule has 8 nitrogen and oxygen atoms in total. The number of carbonyl (C=O) groups is 2. The number of nitrogens with zero attached hydrogens (tertiary/aromatic N) is 5. The van der Waals surface area contributed by atoms with Gasteiger partial charge in [0.25, 0.3) is 0 Å². The van der Waals surface area contributed by atoms with Crippen LogP contribution in [0.3, 0.4) is 0 Å². The molecule has 3 heterocycles. The van der Waals surface area contributed by atoms with Crippen molar-refractivity contribution in [2.24, 2.45) is 0 Å². The van der Waals surface area contributed by atoms with E-state index < -0.39 is 0 Å². The molecule has 3 aromatic rings. The fourth-order valence-corrected chi connectivity index (χ4v) is 6.02. The molecule has 2 aromatic carbocycles. The van der Waals surface area contributed by atoms with Crippen LogP contribution in [0.2, 0.25) is 5.02 Å². The Balaban J connectivity index is 1.43. The van der Waals surface area contributed by atoms with Gasteiger partial charge in [0.15, 0.2) is 0 Å². The van der Waals surface area contributed by atoms with Gasteiger partial charge < -0.3 is 19.4 Å². The second kappa shape index (κ2) is 12.3. The van der Waals surface area contributed by atoms with Crippen molar-refractivity contribution in [2.45, 2.75) is 38.0 Å². The first-order chi connectivity index (χ1) is 19.4. The minimum atomic E-state index is -0.0288. The molecule has 40 heavy (non-hydrogen) atoms. The first-order valence-corrected chi connectivity index (χ1v) is 14.3. The first kappa shape index (κ1) is 27.9. The number of rotatable bonds is 7. The molecule has 1 aromatic heterocycles. The molecule has 2 aliphatic heterocycles. The molecule has 0 unspecified atom stereocenters. The van der Waals surface area contributed by atoms with Crippen molar-refractivity contribution in [3.8, 4) is 6.01 Å². The van der Waals surface area contributed by atoms with Gasteiger partial charge in [-0.25, -0.2) is 0 Å². The van der Waals surface area contributed by atoms with Crippen LogP contribution >= 0.6 is 11.6 Å². The summed E-state index contributed by atoms with van der Waals surface area (Å²) in [5.74, 6) is 0.174. The highest BCUT2D eigenvalue weighted by Crippen LogP contribution is 2.36. The summed E-state index contributed by atoms with van der Waals surface area (Å²) in [5, 5.41) is 2.94. The molecular formula is C31H36ClN5O3. The molecule has 210 valence electrons. The van der Waals surface area contributed by atoms with Crippen LogP contribution < -0.4 is 9.64 Å².